The van der Waals surface area contributed by atoms with Crippen molar-refractivity contribution < 1.29 is 28.9 Å². The van der Waals surface area contributed by atoms with Crippen LogP contribution in [0.2, 0.25) is 0 Å². The number of aromatic nitrogens is 2. The van der Waals surface area contributed by atoms with Crippen LogP contribution in [0.15, 0.2) is 29.2 Å². The van der Waals surface area contributed by atoms with Crippen molar-refractivity contribution in [1.29, 1.82) is 0 Å². The summed E-state index contributed by atoms with van der Waals surface area (Å²) in [5.74, 6) is -0.843. The maximum atomic E-state index is 14.2. The number of carbonyl (C=O) groups excluding carboxylic acids is 2. The zero-order valence-electron chi connectivity index (χ0n) is 23.7. The minimum atomic E-state index is -1.92. The monoisotopic (exact) mass is 566 g/mol. The van der Waals surface area contributed by atoms with Crippen LogP contribution in [0.25, 0.3) is 0 Å². The Balaban J connectivity index is 1.52. The molecule has 2 rings (SSSR count). The molecule has 2 amide bonds. The molecular formula is C29H47FN4O6. The molecule has 1 aromatic heterocycles. The summed E-state index contributed by atoms with van der Waals surface area (Å²) in [5.41, 5.74) is -0.899. The number of amides is 2. The highest BCUT2D eigenvalue weighted by Crippen LogP contribution is 2.30. The lowest BCUT2D eigenvalue weighted by molar-refractivity contribution is -0.124. The van der Waals surface area contributed by atoms with Gasteiger partial charge in [0.05, 0.1) is 13.2 Å². The molecule has 4 N–H and O–H groups in total. The third-order valence-corrected chi connectivity index (χ3v) is 6.96. The summed E-state index contributed by atoms with van der Waals surface area (Å²) in [6.07, 6.45) is 15.3. The number of alkyl halides is 1. The van der Waals surface area contributed by atoms with Crippen molar-refractivity contribution in [2.24, 2.45) is 0 Å². The molecule has 0 spiro atoms. The van der Waals surface area contributed by atoms with Gasteiger partial charge in [-0.15, -0.1) is 0 Å². The molecule has 2 heterocycles. The summed E-state index contributed by atoms with van der Waals surface area (Å²) in [6, 6.07) is 1.28. The van der Waals surface area contributed by atoms with E-state index in [1.54, 1.807) is 0 Å². The van der Waals surface area contributed by atoms with Crippen LogP contribution in [0.3, 0.4) is 0 Å². The number of halogens is 1. The van der Waals surface area contributed by atoms with E-state index < -0.39 is 42.8 Å². The Morgan fingerprint density at radius 3 is 2.25 bits per heavy atom. The Morgan fingerprint density at radius 2 is 1.65 bits per heavy atom. The van der Waals surface area contributed by atoms with Gasteiger partial charge in [0.15, 0.2) is 12.4 Å². The number of hydrogen-bond donors (Lipinski definition) is 4. The number of rotatable bonds is 20. The molecule has 1 aliphatic heterocycles. The van der Waals surface area contributed by atoms with Crippen LogP contribution in [0.4, 0.5) is 10.2 Å². The first-order chi connectivity index (χ1) is 19.4. The van der Waals surface area contributed by atoms with Gasteiger partial charge in [-0.2, -0.15) is 4.98 Å². The van der Waals surface area contributed by atoms with Crippen molar-refractivity contribution in [2.75, 3.05) is 18.5 Å². The van der Waals surface area contributed by atoms with Gasteiger partial charge in [-0.25, -0.2) is 9.18 Å². The zero-order chi connectivity index (χ0) is 29.2. The molecule has 226 valence electrons. The molecule has 1 aromatic rings. The summed E-state index contributed by atoms with van der Waals surface area (Å²) < 4.78 is 20.3. The second-order valence-corrected chi connectivity index (χ2v) is 10.3. The number of nitrogens with one attached hydrogen (secondary N) is 2. The molecule has 1 fully saturated rings. The van der Waals surface area contributed by atoms with Gasteiger partial charge >= 0.3 is 5.69 Å². The highest BCUT2D eigenvalue weighted by molar-refractivity contribution is 5.93. The van der Waals surface area contributed by atoms with Crippen molar-refractivity contribution in [3.63, 3.8) is 0 Å². The topological polar surface area (TPSA) is 143 Å². The second kappa shape index (κ2) is 19.4. The molecule has 4 atom stereocenters. The fourth-order valence-electron chi connectivity index (χ4n) is 4.56. The van der Waals surface area contributed by atoms with Crippen LogP contribution in [-0.2, 0) is 14.3 Å². The summed E-state index contributed by atoms with van der Waals surface area (Å²) in [4.78, 5) is 40.1. The van der Waals surface area contributed by atoms with E-state index in [0.717, 1.165) is 43.1 Å². The number of carbonyl (C=O) groups is 2. The smallest absolute Gasteiger partial charge is 0.351 e. The molecule has 4 unspecified atom stereocenters. The molecule has 10 nitrogen and oxygen atoms in total. The molecule has 0 aliphatic carbocycles. The fourth-order valence-corrected chi connectivity index (χ4v) is 4.56. The van der Waals surface area contributed by atoms with Crippen LogP contribution in [0.5, 0.6) is 0 Å². The van der Waals surface area contributed by atoms with Crippen LogP contribution in [0.1, 0.15) is 103 Å². The highest BCUT2D eigenvalue weighted by atomic mass is 19.1. The molecular weight excluding hydrogens is 519 g/mol. The number of anilines is 1. The van der Waals surface area contributed by atoms with Crippen molar-refractivity contribution in [3.8, 4) is 0 Å². The van der Waals surface area contributed by atoms with Crippen LogP contribution < -0.4 is 16.3 Å². The minimum absolute atomic E-state index is 0.0644. The highest BCUT2D eigenvalue weighted by Gasteiger charge is 2.45. The van der Waals surface area contributed by atoms with Gasteiger partial charge in [-0.3, -0.25) is 14.2 Å². The molecule has 40 heavy (non-hydrogen) atoms. The minimum Gasteiger partial charge on any atom is -0.394 e. The second-order valence-electron chi connectivity index (χ2n) is 10.3. The number of hydrogen-bond acceptors (Lipinski definition) is 7. The number of aliphatic hydroxyl groups excluding tert-OH is 2. The Bertz CT molecular complexity index is 972. The molecule has 1 saturated heterocycles. The van der Waals surface area contributed by atoms with Gasteiger partial charge in [0.2, 0.25) is 11.8 Å². The molecule has 0 aromatic carbocycles. The van der Waals surface area contributed by atoms with Gasteiger partial charge in [0.1, 0.15) is 18.0 Å². The Hall–Kier alpha value is -2.63. The fraction of sp³-hybridized carbons (Fsp3) is 0.724. The van der Waals surface area contributed by atoms with Crippen molar-refractivity contribution >= 4 is 17.6 Å². The van der Waals surface area contributed by atoms with E-state index in [4.69, 9.17) is 9.84 Å². The summed E-state index contributed by atoms with van der Waals surface area (Å²) in [7, 11) is 0. The summed E-state index contributed by atoms with van der Waals surface area (Å²) in [5, 5.41) is 23.8. The number of nitrogens with zero attached hydrogens (tertiary/aromatic N) is 2. The van der Waals surface area contributed by atoms with Gasteiger partial charge in [0, 0.05) is 12.6 Å². The quantitative estimate of drug-likeness (QED) is 0.138. The first-order valence-electron chi connectivity index (χ1n) is 14.8. The van der Waals surface area contributed by atoms with E-state index in [-0.39, 0.29) is 18.3 Å². The van der Waals surface area contributed by atoms with Crippen molar-refractivity contribution in [3.05, 3.63) is 34.9 Å². The SMILES string of the molecule is CCCCCCCC/C=C/CCCCCCCC(=O)NCC(=O)Nc1ccn(C2OC(CO)C(O)C2F)c(=O)n1. The molecule has 0 bridgehead atoms. The van der Waals surface area contributed by atoms with E-state index in [1.807, 2.05) is 0 Å². The molecule has 0 radical (unpaired) electrons. The van der Waals surface area contributed by atoms with Crippen LogP contribution in [-0.4, -0.2) is 63.1 Å². The van der Waals surface area contributed by atoms with E-state index in [9.17, 15) is 23.9 Å². The third-order valence-electron chi connectivity index (χ3n) is 6.96. The zero-order valence-corrected chi connectivity index (χ0v) is 23.7. The number of allylic oxidation sites excluding steroid dienone is 2. The summed E-state index contributed by atoms with van der Waals surface area (Å²) in [6.45, 7) is 1.37. The average molecular weight is 567 g/mol. The predicted molar refractivity (Wildman–Crippen MR) is 151 cm³/mol. The largest absolute Gasteiger partial charge is 0.394 e. The van der Waals surface area contributed by atoms with Gasteiger partial charge in [-0.05, 0) is 38.2 Å². The molecule has 0 saturated carbocycles. The predicted octanol–water partition coefficient (Wildman–Crippen LogP) is 3.92. The maximum Gasteiger partial charge on any atom is 0.351 e. The molecule has 1 aliphatic rings. The number of ether oxygens (including phenoxy) is 1. The first-order valence-corrected chi connectivity index (χ1v) is 14.8. The lowest BCUT2D eigenvalue weighted by Crippen LogP contribution is -2.35. The molecule has 11 heteroatoms. The van der Waals surface area contributed by atoms with E-state index >= 15 is 0 Å². The number of unbranched alkanes of at least 4 members (excludes halogenated alkanes) is 11. The van der Waals surface area contributed by atoms with Crippen molar-refractivity contribution in [2.45, 2.75) is 121 Å². The van der Waals surface area contributed by atoms with Crippen molar-refractivity contribution in [1.82, 2.24) is 14.9 Å². The third kappa shape index (κ3) is 12.3. The van der Waals surface area contributed by atoms with Crippen LogP contribution in [0, 0.1) is 0 Å². The Labute approximate surface area is 236 Å². The van der Waals surface area contributed by atoms with E-state index in [1.165, 1.54) is 57.2 Å². The first kappa shape index (κ1) is 33.6. The normalized spacial score (nSPS) is 20.7. The van der Waals surface area contributed by atoms with Gasteiger partial charge in [0.25, 0.3) is 0 Å². The summed E-state index contributed by atoms with van der Waals surface area (Å²) >= 11 is 0. The van der Waals surface area contributed by atoms with E-state index in [0.29, 0.717) is 6.42 Å². The van der Waals surface area contributed by atoms with Crippen LogP contribution >= 0.6 is 0 Å². The average Bonchev–Trinajstić information content (AvgIpc) is 3.22. The van der Waals surface area contributed by atoms with Gasteiger partial charge in [-0.1, -0.05) is 70.4 Å². The number of aliphatic hydroxyl groups is 2. The maximum absolute atomic E-state index is 14.2. The lowest BCUT2D eigenvalue weighted by Gasteiger charge is -2.16. The lowest BCUT2D eigenvalue weighted by atomic mass is 10.1. The Kier molecular flexibility index (Phi) is 16.3. The standard InChI is InChI=1S/C29H47FN4O6/c1-2-3-4-5-6-7-8-9-10-11-12-13-14-15-16-17-24(36)31-20-25(37)32-23-18-19-34(29(39)33-23)28-26(30)27(38)22(21-35)40-28/h9-10,18-19,22,26-28,35,38H,2-8,11-17,20-21H2,1H3,(H,31,36)(H,32,33,37,39)/b10-9+. The van der Waals surface area contributed by atoms with Gasteiger partial charge < -0.3 is 25.6 Å². The Morgan fingerprint density at radius 1 is 1.02 bits per heavy atom. The van der Waals surface area contributed by atoms with E-state index in [2.05, 4.69) is 34.7 Å².